The standard InChI is InChI=1S/C13H7F2N3O3/c14-9-5-7(18(20)21)6-10(15)12(9)17-4-2-8-11(17)1-3-16-13(8)19/h1-6H,(H,16,19). The molecule has 0 bridgehead atoms. The highest BCUT2D eigenvalue weighted by atomic mass is 19.1. The summed E-state index contributed by atoms with van der Waals surface area (Å²) in [6.07, 6.45) is 2.68. The van der Waals surface area contributed by atoms with Gasteiger partial charge in [0.05, 0.1) is 28.0 Å². The first-order chi connectivity index (χ1) is 9.99. The molecule has 3 rings (SSSR count). The van der Waals surface area contributed by atoms with Gasteiger partial charge >= 0.3 is 0 Å². The second-order valence-electron chi connectivity index (χ2n) is 4.31. The third-order valence-electron chi connectivity index (χ3n) is 3.08. The number of nitrogens with one attached hydrogen (secondary N) is 1. The van der Waals surface area contributed by atoms with Crippen LogP contribution >= 0.6 is 0 Å². The van der Waals surface area contributed by atoms with Crippen LogP contribution in [0.15, 0.2) is 41.5 Å². The van der Waals surface area contributed by atoms with Crippen molar-refractivity contribution in [3.63, 3.8) is 0 Å². The van der Waals surface area contributed by atoms with E-state index in [4.69, 9.17) is 0 Å². The van der Waals surface area contributed by atoms with Crippen LogP contribution in [0, 0.1) is 21.7 Å². The second kappa shape index (κ2) is 4.51. The number of fused-ring (bicyclic) bond motifs is 1. The van der Waals surface area contributed by atoms with Crippen LogP contribution in [-0.2, 0) is 0 Å². The molecule has 0 fully saturated rings. The van der Waals surface area contributed by atoms with Crippen molar-refractivity contribution in [3.05, 3.63) is 68.8 Å². The fourth-order valence-corrected chi connectivity index (χ4v) is 2.16. The first-order valence-corrected chi connectivity index (χ1v) is 5.81. The van der Waals surface area contributed by atoms with E-state index in [0.29, 0.717) is 17.6 Å². The Bertz CT molecular complexity index is 907. The number of hydrogen-bond donors (Lipinski definition) is 1. The van der Waals surface area contributed by atoms with Gasteiger partial charge in [-0.25, -0.2) is 8.78 Å². The average Bonchev–Trinajstić information content (AvgIpc) is 2.83. The molecule has 3 aromatic rings. The van der Waals surface area contributed by atoms with Crippen molar-refractivity contribution in [1.82, 2.24) is 9.55 Å². The quantitative estimate of drug-likeness (QED) is 0.582. The van der Waals surface area contributed by atoms with E-state index in [9.17, 15) is 23.7 Å². The number of non-ortho nitro benzene ring substituents is 1. The zero-order chi connectivity index (χ0) is 15.1. The predicted octanol–water partition coefficient (Wildman–Crippen LogP) is 2.51. The second-order valence-corrected chi connectivity index (χ2v) is 4.31. The van der Waals surface area contributed by atoms with Crippen LogP contribution in [0.2, 0.25) is 0 Å². The Kier molecular flexibility index (Phi) is 2.79. The first-order valence-electron chi connectivity index (χ1n) is 5.81. The van der Waals surface area contributed by atoms with E-state index in [2.05, 4.69) is 4.98 Å². The van der Waals surface area contributed by atoms with Crippen molar-refractivity contribution < 1.29 is 13.7 Å². The molecule has 21 heavy (non-hydrogen) atoms. The van der Waals surface area contributed by atoms with E-state index in [0.717, 1.165) is 4.57 Å². The molecule has 6 nitrogen and oxygen atoms in total. The van der Waals surface area contributed by atoms with Gasteiger partial charge in [-0.05, 0) is 12.1 Å². The molecular formula is C13H7F2N3O3. The summed E-state index contributed by atoms with van der Waals surface area (Å²) in [6.45, 7) is 0. The lowest BCUT2D eigenvalue weighted by Crippen LogP contribution is -2.06. The van der Waals surface area contributed by atoms with Crippen LogP contribution in [0.5, 0.6) is 0 Å². The van der Waals surface area contributed by atoms with Gasteiger partial charge in [0, 0.05) is 12.4 Å². The number of rotatable bonds is 2. The van der Waals surface area contributed by atoms with Gasteiger partial charge in [0.1, 0.15) is 5.69 Å². The van der Waals surface area contributed by atoms with Gasteiger partial charge < -0.3 is 9.55 Å². The number of benzene rings is 1. The number of nitro groups is 1. The first kappa shape index (κ1) is 13.0. The van der Waals surface area contributed by atoms with Crippen LogP contribution < -0.4 is 5.56 Å². The fourth-order valence-electron chi connectivity index (χ4n) is 2.16. The summed E-state index contributed by atoms with van der Waals surface area (Å²) >= 11 is 0. The predicted molar refractivity (Wildman–Crippen MR) is 70.5 cm³/mol. The summed E-state index contributed by atoms with van der Waals surface area (Å²) < 4.78 is 29.2. The third-order valence-corrected chi connectivity index (χ3v) is 3.08. The molecular weight excluding hydrogens is 284 g/mol. The van der Waals surface area contributed by atoms with Crippen molar-refractivity contribution >= 4 is 16.6 Å². The lowest BCUT2D eigenvalue weighted by molar-refractivity contribution is -0.385. The minimum Gasteiger partial charge on any atom is -0.328 e. The molecule has 0 aliphatic carbocycles. The van der Waals surface area contributed by atoms with Crippen LogP contribution in [0.4, 0.5) is 14.5 Å². The molecule has 2 heterocycles. The Hall–Kier alpha value is -3.03. The molecule has 0 atom stereocenters. The van der Waals surface area contributed by atoms with Gasteiger partial charge in [-0.3, -0.25) is 14.9 Å². The molecule has 0 amide bonds. The van der Waals surface area contributed by atoms with Crippen LogP contribution in [0.25, 0.3) is 16.6 Å². The Morgan fingerprint density at radius 3 is 2.48 bits per heavy atom. The van der Waals surface area contributed by atoms with Crippen molar-refractivity contribution in [2.24, 2.45) is 0 Å². The number of aromatic nitrogens is 2. The van der Waals surface area contributed by atoms with E-state index < -0.39 is 33.5 Å². The molecule has 0 aliphatic heterocycles. The maximum atomic E-state index is 14.0. The molecule has 1 N–H and O–H groups in total. The van der Waals surface area contributed by atoms with Crippen molar-refractivity contribution in [3.8, 4) is 5.69 Å². The van der Waals surface area contributed by atoms with E-state index in [1.54, 1.807) is 0 Å². The van der Waals surface area contributed by atoms with Gasteiger partial charge in [0.25, 0.3) is 11.2 Å². The summed E-state index contributed by atoms with van der Waals surface area (Å²) in [5.41, 5.74) is -1.25. The average molecular weight is 291 g/mol. The number of H-pyrrole nitrogens is 1. The van der Waals surface area contributed by atoms with Crippen LogP contribution in [0.1, 0.15) is 0 Å². The number of aromatic amines is 1. The molecule has 0 unspecified atom stereocenters. The molecule has 0 saturated carbocycles. The van der Waals surface area contributed by atoms with Gasteiger partial charge in [0.15, 0.2) is 11.6 Å². The molecule has 0 radical (unpaired) electrons. The Morgan fingerprint density at radius 2 is 1.86 bits per heavy atom. The topological polar surface area (TPSA) is 80.9 Å². The molecule has 2 aromatic heterocycles. The summed E-state index contributed by atoms with van der Waals surface area (Å²) in [7, 11) is 0. The van der Waals surface area contributed by atoms with E-state index in [-0.39, 0.29) is 5.39 Å². The number of nitro benzene ring substituents is 1. The zero-order valence-electron chi connectivity index (χ0n) is 10.3. The normalized spacial score (nSPS) is 11.0. The Labute approximate surface area is 115 Å². The lowest BCUT2D eigenvalue weighted by Gasteiger charge is -2.08. The molecule has 0 spiro atoms. The molecule has 0 saturated heterocycles. The monoisotopic (exact) mass is 291 g/mol. The molecule has 1 aromatic carbocycles. The maximum absolute atomic E-state index is 14.0. The zero-order valence-corrected chi connectivity index (χ0v) is 10.3. The highest BCUT2D eigenvalue weighted by Crippen LogP contribution is 2.26. The van der Waals surface area contributed by atoms with Crippen LogP contribution in [-0.4, -0.2) is 14.5 Å². The lowest BCUT2D eigenvalue weighted by atomic mass is 10.2. The minimum absolute atomic E-state index is 0.259. The van der Waals surface area contributed by atoms with Crippen molar-refractivity contribution in [2.75, 3.05) is 0 Å². The maximum Gasteiger partial charge on any atom is 0.275 e. The SMILES string of the molecule is O=c1[nH]ccc2c1ccn2-c1c(F)cc([N+](=O)[O-])cc1F. The summed E-state index contributed by atoms with van der Waals surface area (Å²) in [5, 5.41) is 10.8. The minimum atomic E-state index is -1.08. The fraction of sp³-hybridized carbons (Fsp3) is 0. The summed E-state index contributed by atoms with van der Waals surface area (Å²) in [4.78, 5) is 23.7. The summed E-state index contributed by atoms with van der Waals surface area (Å²) in [5.74, 6) is -2.17. The van der Waals surface area contributed by atoms with Crippen LogP contribution in [0.3, 0.4) is 0 Å². The number of nitrogens with zero attached hydrogens (tertiary/aromatic N) is 2. The van der Waals surface area contributed by atoms with E-state index in [1.807, 2.05) is 0 Å². The van der Waals surface area contributed by atoms with E-state index >= 15 is 0 Å². The van der Waals surface area contributed by atoms with Crippen molar-refractivity contribution in [1.29, 1.82) is 0 Å². The van der Waals surface area contributed by atoms with Gasteiger partial charge in [-0.2, -0.15) is 0 Å². The number of hydrogen-bond acceptors (Lipinski definition) is 3. The molecule has 0 aliphatic rings. The number of halogens is 2. The Morgan fingerprint density at radius 1 is 1.19 bits per heavy atom. The van der Waals surface area contributed by atoms with Gasteiger partial charge in [-0.1, -0.05) is 0 Å². The number of pyridine rings is 1. The third kappa shape index (κ3) is 1.97. The Balaban J connectivity index is 2.31. The highest BCUT2D eigenvalue weighted by molar-refractivity contribution is 5.80. The van der Waals surface area contributed by atoms with E-state index in [1.165, 1.54) is 24.5 Å². The largest absolute Gasteiger partial charge is 0.328 e. The van der Waals surface area contributed by atoms with Crippen molar-refractivity contribution in [2.45, 2.75) is 0 Å². The molecule has 106 valence electrons. The smallest absolute Gasteiger partial charge is 0.275 e. The van der Waals surface area contributed by atoms with Gasteiger partial charge in [0.2, 0.25) is 0 Å². The van der Waals surface area contributed by atoms with Gasteiger partial charge in [-0.15, -0.1) is 0 Å². The summed E-state index contributed by atoms with van der Waals surface area (Å²) in [6, 6.07) is 4.17. The molecule has 8 heteroatoms. The highest BCUT2D eigenvalue weighted by Gasteiger charge is 2.19.